The normalized spacial score (nSPS) is 9.95. The average molecular weight is 274 g/mol. The van der Waals surface area contributed by atoms with Gasteiger partial charge >= 0.3 is 0 Å². The fourth-order valence-corrected chi connectivity index (χ4v) is 1.78. The van der Waals surface area contributed by atoms with Crippen molar-refractivity contribution in [2.75, 3.05) is 5.32 Å². The molecule has 0 aliphatic carbocycles. The number of carbonyl (C=O) groups excluding carboxylic acids is 1. The molecule has 0 saturated carbocycles. The van der Waals surface area contributed by atoms with Gasteiger partial charge in [0.05, 0.1) is 5.69 Å². The number of nitrogens with one attached hydrogen (secondary N) is 1. The van der Waals surface area contributed by atoms with Crippen LogP contribution < -0.4 is 11.1 Å². The van der Waals surface area contributed by atoms with Gasteiger partial charge in [0.15, 0.2) is 0 Å². The van der Waals surface area contributed by atoms with Crippen LogP contribution in [0.5, 0.6) is 0 Å². The summed E-state index contributed by atoms with van der Waals surface area (Å²) in [5.74, 6) is -0.759. The van der Waals surface area contributed by atoms with Crippen LogP contribution in [0, 0.1) is 5.82 Å². The van der Waals surface area contributed by atoms with Crippen molar-refractivity contribution in [2.24, 2.45) is 5.73 Å². The first-order valence-corrected chi connectivity index (χ1v) is 5.94. The van der Waals surface area contributed by atoms with Gasteiger partial charge in [0.1, 0.15) is 10.8 Å². The minimum Gasteiger partial charge on any atom is -0.389 e. The Morgan fingerprint density at radius 2 is 1.84 bits per heavy atom. The Kier molecular flexibility index (Phi) is 3.87. The number of rotatable bonds is 3. The number of carbonyl (C=O) groups is 1. The van der Waals surface area contributed by atoms with Gasteiger partial charge in [0, 0.05) is 11.1 Å². The Hall–Kier alpha value is -2.27. The summed E-state index contributed by atoms with van der Waals surface area (Å²) < 4.78 is 13.1. The van der Waals surface area contributed by atoms with Crippen molar-refractivity contribution < 1.29 is 9.18 Å². The van der Waals surface area contributed by atoms with Crippen molar-refractivity contribution in [1.29, 1.82) is 0 Å². The number of hydrogen-bond acceptors (Lipinski definition) is 2. The van der Waals surface area contributed by atoms with Crippen LogP contribution in [0.15, 0.2) is 48.5 Å². The van der Waals surface area contributed by atoms with E-state index in [-0.39, 0.29) is 10.9 Å². The summed E-state index contributed by atoms with van der Waals surface area (Å²) in [5, 5.41) is 2.66. The molecule has 0 aliphatic rings. The van der Waals surface area contributed by atoms with E-state index < -0.39 is 5.82 Å². The van der Waals surface area contributed by atoms with E-state index in [1.807, 2.05) is 6.07 Å². The molecular formula is C14H11FN2OS. The number of thiocarbonyl (C=S) groups is 1. The Morgan fingerprint density at radius 3 is 2.47 bits per heavy atom. The smallest absolute Gasteiger partial charge is 0.255 e. The zero-order valence-electron chi connectivity index (χ0n) is 9.89. The highest BCUT2D eigenvalue weighted by Gasteiger charge is 2.11. The molecule has 2 aromatic carbocycles. The van der Waals surface area contributed by atoms with E-state index in [0.29, 0.717) is 16.8 Å². The Balaban J connectivity index is 2.29. The Morgan fingerprint density at radius 1 is 1.16 bits per heavy atom. The van der Waals surface area contributed by atoms with Crippen LogP contribution in [0.4, 0.5) is 10.1 Å². The number of halogens is 1. The highest BCUT2D eigenvalue weighted by Crippen LogP contribution is 2.18. The van der Waals surface area contributed by atoms with E-state index >= 15 is 0 Å². The first kappa shape index (κ1) is 13.2. The maximum atomic E-state index is 13.1. The van der Waals surface area contributed by atoms with Gasteiger partial charge in [0.25, 0.3) is 5.91 Å². The summed E-state index contributed by atoms with van der Waals surface area (Å²) >= 11 is 4.84. The van der Waals surface area contributed by atoms with Gasteiger partial charge in [-0.2, -0.15) is 0 Å². The maximum Gasteiger partial charge on any atom is 0.255 e. The second-order valence-corrected chi connectivity index (χ2v) is 4.31. The van der Waals surface area contributed by atoms with E-state index in [4.69, 9.17) is 18.0 Å². The summed E-state index contributed by atoms with van der Waals surface area (Å²) in [5.41, 5.74) is 6.71. The first-order valence-electron chi connectivity index (χ1n) is 5.53. The molecular weight excluding hydrogens is 263 g/mol. The van der Waals surface area contributed by atoms with Crippen molar-refractivity contribution in [1.82, 2.24) is 0 Å². The van der Waals surface area contributed by atoms with E-state index in [2.05, 4.69) is 5.32 Å². The summed E-state index contributed by atoms with van der Waals surface area (Å²) in [4.78, 5) is 12.0. The number of benzene rings is 2. The minimum atomic E-state index is -0.458. The highest BCUT2D eigenvalue weighted by atomic mass is 32.1. The van der Waals surface area contributed by atoms with E-state index in [9.17, 15) is 9.18 Å². The SMILES string of the molecule is NC(=S)c1cc(F)ccc1NC(=O)c1ccccc1. The summed E-state index contributed by atoms with van der Waals surface area (Å²) in [6.45, 7) is 0. The molecule has 0 fully saturated rings. The lowest BCUT2D eigenvalue weighted by molar-refractivity contribution is 0.102. The zero-order chi connectivity index (χ0) is 13.8. The zero-order valence-corrected chi connectivity index (χ0v) is 10.7. The standard InChI is InChI=1S/C14H11FN2OS/c15-10-6-7-12(11(8-10)13(16)19)17-14(18)9-4-2-1-3-5-9/h1-8H,(H2,16,19)(H,17,18). The van der Waals surface area contributed by atoms with Crippen LogP contribution in [-0.4, -0.2) is 10.9 Å². The molecule has 19 heavy (non-hydrogen) atoms. The van der Waals surface area contributed by atoms with Crippen LogP contribution in [0.1, 0.15) is 15.9 Å². The minimum absolute atomic E-state index is 0.0304. The number of nitrogens with two attached hydrogens (primary N) is 1. The van der Waals surface area contributed by atoms with Crippen molar-refractivity contribution in [3.63, 3.8) is 0 Å². The summed E-state index contributed by atoms with van der Waals surface area (Å²) in [7, 11) is 0. The predicted octanol–water partition coefficient (Wildman–Crippen LogP) is 2.71. The molecule has 1 amide bonds. The van der Waals surface area contributed by atoms with Crippen molar-refractivity contribution in [2.45, 2.75) is 0 Å². The van der Waals surface area contributed by atoms with E-state index in [1.54, 1.807) is 24.3 Å². The predicted molar refractivity (Wildman–Crippen MR) is 76.7 cm³/mol. The molecule has 96 valence electrons. The van der Waals surface area contributed by atoms with Crippen LogP contribution in [0.2, 0.25) is 0 Å². The molecule has 0 unspecified atom stereocenters. The topological polar surface area (TPSA) is 55.1 Å². The first-order chi connectivity index (χ1) is 9.08. The molecule has 0 heterocycles. The van der Waals surface area contributed by atoms with Crippen LogP contribution in [0.3, 0.4) is 0 Å². The van der Waals surface area contributed by atoms with E-state index in [1.165, 1.54) is 18.2 Å². The molecule has 3 nitrogen and oxygen atoms in total. The van der Waals surface area contributed by atoms with Gasteiger partial charge in [-0.25, -0.2) is 4.39 Å². The Bertz CT molecular complexity index is 629. The molecule has 0 bridgehead atoms. The number of hydrogen-bond donors (Lipinski definition) is 2. The average Bonchev–Trinajstić information content (AvgIpc) is 2.41. The molecule has 3 N–H and O–H groups in total. The van der Waals surface area contributed by atoms with Gasteiger partial charge in [-0.05, 0) is 30.3 Å². The monoisotopic (exact) mass is 274 g/mol. The summed E-state index contributed by atoms with van der Waals surface area (Å²) in [6.07, 6.45) is 0. The molecule has 0 aromatic heterocycles. The summed E-state index contributed by atoms with van der Waals surface area (Å²) in [6, 6.07) is 12.6. The number of anilines is 1. The van der Waals surface area contributed by atoms with Crippen LogP contribution >= 0.6 is 12.2 Å². The third-order valence-electron chi connectivity index (χ3n) is 2.53. The van der Waals surface area contributed by atoms with E-state index in [0.717, 1.165) is 0 Å². The number of amides is 1. The molecule has 0 aliphatic heterocycles. The fraction of sp³-hybridized carbons (Fsp3) is 0. The van der Waals surface area contributed by atoms with Crippen LogP contribution in [-0.2, 0) is 0 Å². The van der Waals surface area contributed by atoms with Crippen molar-refractivity contribution >= 4 is 28.8 Å². The third-order valence-corrected chi connectivity index (χ3v) is 2.75. The molecule has 0 atom stereocenters. The molecule has 0 spiro atoms. The maximum absolute atomic E-state index is 13.1. The van der Waals surface area contributed by atoms with Crippen molar-refractivity contribution in [3.8, 4) is 0 Å². The second-order valence-electron chi connectivity index (χ2n) is 3.87. The molecule has 2 rings (SSSR count). The second kappa shape index (κ2) is 5.58. The van der Waals surface area contributed by atoms with Crippen LogP contribution in [0.25, 0.3) is 0 Å². The lowest BCUT2D eigenvalue weighted by Gasteiger charge is -2.10. The van der Waals surface area contributed by atoms with Gasteiger partial charge in [-0.15, -0.1) is 0 Å². The quantitative estimate of drug-likeness (QED) is 0.846. The molecule has 5 heteroatoms. The lowest BCUT2D eigenvalue weighted by atomic mass is 10.1. The highest BCUT2D eigenvalue weighted by molar-refractivity contribution is 7.80. The van der Waals surface area contributed by atoms with Gasteiger partial charge in [-0.3, -0.25) is 4.79 Å². The fourth-order valence-electron chi connectivity index (χ4n) is 1.61. The van der Waals surface area contributed by atoms with Gasteiger partial charge in [-0.1, -0.05) is 30.4 Å². The molecule has 2 aromatic rings. The molecule has 0 saturated heterocycles. The van der Waals surface area contributed by atoms with Gasteiger partial charge < -0.3 is 11.1 Å². The molecule has 0 radical (unpaired) electrons. The van der Waals surface area contributed by atoms with Gasteiger partial charge in [0.2, 0.25) is 0 Å². The third kappa shape index (κ3) is 3.14. The lowest BCUT2D eigenvalue weighted by Crippen LogP contribution is -2.17. The largest absolute Gasteiger partial charge is 0.389 e. The Labute approximate surface area is 115 Å². The van der Waals surface area contributed by atoms with Crippen molar-refractivity contribution in [3.05, 3.63) is 65.5 Å².